The van der Waals surface area contributed by atoms with Gasteiger partial charge in [0.2, 0.25) is 5.91 Å². The van der Waals surface area contributed by atoms with E-state index in [0.717, 1.165) is 30.8 Å². The molecule has 0 aliphatic carbocycles. The first-order chi connectivity index (χ1) is 14.5. The number of nitrogens with zero attached hydrogens (tertiary/aromatic N) is 2. The van der Waals surface area contributed by atoms with Crippen molar-refractivity contribution in [3.63, 3.8) is 0 Å². The summed E-state index contributed by atoms with van der Waals surface area (Å²) in [6.45, 7) is 6.82. The van der Waals surface area contributed by atoms with Crippen molar-refractivity contribution in [2.75, 3.05) is 20.2 Å². The summed E-state index contributed by atoms with van der Waals surface area (Å²) in [5.74, 6) is -0.163. The van der Waals surface area contributed by atoms with Crippen molar-refractivity contribution in [3.05, 3.63) is 77.4 Å². The van der Waals surface area contributed by atoms with Crippen LogP contribution in [0.25, 0.3) is 6.08 Å². The number of rotatable bonds is 6. The van der Waals surface area contributed by atoms with Gasteiger partial charge in [-0.15, -0.1) is 0 Å². The van der Waals surface area contributed by atoms with Gasteiger partial charge in [0.1, 0.15) is 0 Å². The molecule has 3 rings (SSSR count). The third-order valence-corrected chi connectivity index (χ3v) is 5.48. The zero-order chi connectivity index (χ0) is 21.5. The molecule has 1 aliphatic heterocycles. The van der Waals surface area contributed by atoms with Crippen molar-refractivity contribution in [1.29, 1.82) is 0 Å². The van der Waals surface area contributed by atoms with E-state index in [1.54, 1.807) is 6.08 Å². The van der Waals surface area contributed by atoms with Gasteiger partial charge in [-0.2, -0.15) is 0 Å². The van der Waals surface area contributed by atoms with Gasteiger partial charge < -0.3 is 9.64 Å². The lowest BCUT2D eigenvalue weighted by Crippen LogP contribution is -2.58. The summed E-state index contributed by atoms with van der Waals surface area (Å²) in [4.78, 5) is 28.5. The summed E-state index contributed by atoms with van der Waals surface area (Å²) in [6.07, 6.45) is 3.62. The average Bonchev–Trinajstić information content (AvgIpc) is 2.73. The highest BCUT2D eigenvalue weighted by Crippen LogP contribution is 2.20. The Labute approximate surface area is 178 Å². The fraction of sp³-hybridized carbons (Fsp3) is 0.360. The molecule has 2 aromatic carbocycles. The predicted octanol–water partition coefficient (Wildman–Crippen LogP) is 3.54. The number of methoxy groups -OCH3 is 1. The van der Waals surface area contributed by atoms with Crippen LogP contribution in [0.1, 0.15) is 30.5 Å². The van der Waals surface area contributed by atoms with Gasteiger partial charge in [0.05, 0.1) is 13.5 Å². The van der Waals surface area contributed by atoms with Crippen molar-refractivity contribution in [3.8, 4) is 0 Å². The second kappa shape index (κ2) is 10.2. The average molecular weight is 407 g/mol. The number of piperazine rings is 1. The Bertz CT molecular complexity index is 865. The van der Waals surface area contributed by atoms with Crippen LogP contribution in [0.5, 0.6) is 0 Å². The molecule has 30 heavy (non-hydrogen) atoms. The van der Waals surface area contributed by atoms with E-state index < -0.39 is 0 Å². The molecule has 2 atom stereocenters. The highest BCUT2D eigenvalue weighted by Gasteiger charge is 2.32. The normalized spacial score (nSPS) is 19.8. The minimum Gasteiger partial charge on any atom is -0.466 e. The first-order valence-corrected chi connectivity index (χ1v) is 10.4. The van der Waals surface area contributed by atoms with Crippen LogP contribution in [0.4, 0.5) is 0 Å². The third-order valence-electron chi connectivity index (χ3n) is 5.48. The number of amides is 1. The molecule has 0 unspecified atom stereocenters. The van der Waals surface area contributed by atoms with Crippen LogP contribution in [0.2, 0.25) is 0 Å². The maximum atomic E-state index is 12.9. The maximum Gasteiger partial charge on any atom is 0.330 e. The Kier molecular flexibility index (Phi) is 7.41. The van der Waals surface area contributed by atoms with Gasteiger partial charge >= 0.3 is 5.97 Å². The minimum absolute atomic E-state index is 0.173. The van der Waals surface area contributed by atoms with Crippen LogP contribution in [-0.4, -0.2) is 54.0 Å². The maximum absolute atomic E-state index is 12.9. The molecule has 5 nitrogen and oxygen atoms in total. The van der Waals surface area contributed by atoms with Crippen LogP contribution < -0.4 is 0 Å². The molecule has 0 saturated carbocycles. The van der Waals surface area contributed by atoms with E-state index in [1.807, 2.05) is 47.4 Å². The summed E-state index contributed by atoms with van der Waals surface area (Å²) >= 11 is 0. The molecule has 2 aromatic rings. The molecule has 1 fully saturated rings. The zero-order valence-corrected chi connectivity index (χ0v) is 18.0. The molecule has 158 valence electrons. The van der Waals surface area contributed by atoms with Crippen LogP contribution in [0, 0.1) is 0 Å². The summed E-state index contributed by atoms with van der Waals surface area (Å²) in [6, 6.07) is 18.5. The van der Waals surface area contributed by atoms with E-state index in [9.17, 15) is 9.59 Å². The number of benzene rings is 2. The highest BCUT2D eigenvalue weighted by molar-refractivity contribution is 5.86. The second-order valence-electron chi connectivity index (χ2n) is 7.95. The summed E-state index contributed by atoms with van der Waals surface area (Å²) in [5, 5.41) is 0. The summed E-state index contributed by atoms with van der Waals surface area (Å²) in [5.41, 5.74) is 3.24. The van der Waals surface area contributed by atoms with Gasteiger partial charge in [-0.3, -0.25) is 9.69 Å². The van der Waals surface area contributed by atoms with E-state index in [-0.39, 0.29) is 24.0 Å². The van der Waals surface area contributed by atoms with Crippen molar-refractivity contribution >= 4 is 18.0 Å². The first-order valence-electron chi connectivity index (χ1n) is 10.4. The number of carbonyl (C=O) groups excluding carboxylic acids is 2. The van der Waals surface area contributed by atoms with Crippen LogP contribution >= 0.6 is 0 Å². The van der Waals surface area contributed by atoms with Gasteiger partial charge in [-0.25, -0.2) is 4.79 Å². The number of hydrogen-bond donors (Lipinski definition) is 0. The quantitative estimate of drug-likeness (QED) is 0.544. The van der Waals surface area contributed by atoms with E-state index >= 15 is 0 Å². The molecule has 1 amide bonds. The molecule has 0 bridgehead atoms. The van der Waals surface area contributed by atoms with Crippen molar-refractivity contribution in [1.82, 2.24) is 9.80 Å². The van der Waals surface area contributed by atoms with E-state index in [1.165, 1.54) is 18.7 Å². The molecule has 0 aromatic heterocycles. The van der Waals surface area contributed by atoms with Crippen LogP contribution in [-0.2, 0) is 27.3 Å². The molecule has 5 heteroatoms. The van der Waals surface area contributed by atoms with Gasteiger partial charge in [0, 0.05) is 37.8 Å². The number of carbonyl (C=O) groups is 2. The van der Waals surface area contributed by atoms with Crippen LogP contribution in [0.3, 0.4) is 0 Å². The standard InChI is InChI=1S/C25H30N2O3/c1-19-16-26(18-23-11-9-21(10-12-23)13-14-25(29)30-3)17-20(2)27(19)24(28)15-22-7-5-4-6-8-22/h4-14,19-20H,15-18H2,1-3H3/t19-,20+. The van der Waals surface area contributed by atoms with Gasteiger partial charge in [-0.1, -0.05) is 54.6 Å². The molecular weight excluding hydrogens is 376 g/mol. The van der Waals surface area contributed by atoms with Crippen LogP contribution in [0.15, 0.2) is 60.7 Å². The first kappa shape index (κ1) is 21.8. The monoisotopic (exact) mass is 406 g/mol. The van der Waals surface area contributed by atoms with E-state index in [4.69, 9.17) is 0 Å². The van der Waals surface area contributed by atoms with Crippen molar-refractivity contribution < 1.29 is 14.3 Å². The van der Waals surface area contributed by atoms with Gasteiger partial charge in [0.15, 0.2) is 0 Å². The Morgan fingerprint density at radius 2 is 1.60 bits per heavy atom. The fourth-order valence-electron chi connectivity index (χ4n) is 4.14. The van der Waals surface area contributed by atoms with Crippen molar-refractivity contribution in [2.24, 2.45) is 0 Å². The Hall–Kier alpha value is -2.92. The topological polar surface area (TPSA) is 49.9 Å². The van der Waals surface area contributed by atoms with Gasteiger partial charge in [-0.05, 0) is 36.6 Å². The summed E-state index contributed by atoms with van der Waals surface area (Å²) < 4.78 is 4.61. The lowest BCUT2D eigenvalue weighted by Gasteiger charge is -2.44. The molecule has 0 spiro atoms. The largest absolute Gasteiger partial charge is 0.466 e. The Morgan fingerprint density at radius 1 is 0.967 bits per heavy atom. The minimum atomic E-state index is -0.360. The zero-order valence-electron chi connectivity index (χ0n) is 18.0. The van der Waals surface area contributed by atoms with Crippen molar-refractivity contribution in [2.45, 2.75) is 38.9 Å². The molecule has 0 N–H and O–H groups in total. The molecule has 1 heterocycles. The summed E-state index contributed by atoms with van der Waals surface area (Å²) in [7, 11) is 1.37. The number of esters is 1. The highest BCUT2D eigenvalue weighted by atomic mass is 16.5. The predicted molar refractivity (Wildman–Crippen MR) is 119 cm³/mol. The Balaban J connectivity index is 1.57. The lowest BCUT2D eigenvalue weighted by atomic mass is 10.0. The third kappa shape index (κ3) is 5.80. The Morgan fingerprint density at radius 3 is 2.20 bits per heavy atom. The van der Waals surface area contributed by atoms with E-state index in [2.05, 4.69) is 35.6 Å². The molecular formula is C25H30N2O3. The smallest absolute Gasteiger partial charge is 0.330 e. The lowest BCUT2D eigenvalue weighted by molar-refractivity contribution is -0.138. The SMILES string of the molecule is COC(=O)C=Cc1ccc(CN2C[C@@H](C)N(C(=O)Cc3ccccc3)[C@@H](C)C2)cc1. The number of hydrogen-bond acceptors (Lipinski definition) is 4. The second-order valence-corrected chi connectivity index (χ2v) is 7.95. The number of ether oxygens (including phenoxy) is 1. The molecule has 0 radical (unpaired) electrons. The van der Waals surface area contributed by atoms with E-state index in [0.29, 0.717) is 6.42 Å². The van der Waals surface area contributed by atoms with Gasteiger partial charge in [0.25, 0.3) is 0 Å². The molecule has 1 saturated heterocycles. The fourth-order valence-corrected chi connectivity index (χ4v) is 4.14. The molecule has 1 aliphatic rings.